The number of hydrogen-bond acceptors (Lipinski definition) is 3. The summed E-state index contributed by atoms with van der Waals surface area (Å²) >= 11 is 3.41. The first-order chi connectivity index (χ1) is 9.47. The van der Waals surface area contributed by atoms with Crippen LogP contribution in [0.25, 0.3) is 0 Å². The van der Waals surface area contributed by atoms with Crippen molar-refractivity contribution >= 4 is 33.2 Å². The number of halogens is 1. The molecule has 0 heterocycles. The molecule has 4 nitrogen and oxygen atoms in total. The molecule has 5 heteroatoms. The maximum Gasteiger partial charge on any atom is 0.248 e. The summed E-state index contributed by atoms with van der Waals surface area (Å²) < 4.78 is 1.05. The monoisotopic (exact) mass is 333 g/mol. The molecule has 0 aromatic heterocycles. The highest BCUT2D eigenvalue weighted by atomic mass is 79.9. The summed E-state index contributed by atoms with van der Waals surface area (Å²) in [6, 6.07) is 13.2. The molecule has 2 rings (SSSR count). The van der Waals surface area contributed by atoms with Gasteiger partial charge in [-0.25, -0.2) is 0 Å². The van der Waals surface area contributed by atoms with E-state index in [-0.39, 0.29) is 0 Å². The molecule has 0 aliphatic heterocycles. The molecule has 0 bridgehead atoms. The largest absolute Gasteiger partial charge is 0.397 e. The third-order valence-corrected chi connectivity index (χ3v) is 3.58. The van der Waals surface area contributed by atoms with Crippen molar-refractivity contribution in [2.75, 3.05) is 17.7 Å². The molecule has 0 aliphatic rings. The fraction of sp³-hybridized carbons (Fsp3) is 0.133. The van der Waals surface area contributed by atoms with Crippen LogP contribution in [0.3, 0.4) is 0 Å². The minimum atomic E-state index is -0.473. The van der Waals surface area contributed by atoms with E-state index >= 15 is 0 Å². The summed E-state index contributed by atoms with van der Waals surface area (Å²) in [6.07, 6.45) is 0. The summed E-state index contributed by atoms with van der Waals surface area (Å²) in [6.45, 7) is 0.730. The summed E-state index contributed by atoms with van der Waals surface area (Å²) in [5.74, 6) is -0.473. The van der Waals surface area contributed by atoms with Gasteiger partial charge in [0.2, 0.25) is 5.91 Å². The molecule has 1 amide bonds. The van der Waals surface area contributed by atoms with E-state index in [0.717, 1.165) is 16.7 Å². The van der Waals surface area contributed by atoms with Gasteiger partial charge >= 0.3 is 0 Å². The second kappa shape index (κ2) is 5.96. The van der Waals surface area contributed by atoms with Gasteiger partial charge in [-0.2, -0.15) is 0 Å². The zero-order chi connectivity index (χ0) is 14.7. The highest BCUT2D eigenvalue weighted by molar-refractivity contribution is 9.10. The lowest BCUT2D eigenvalue weighted by molar-refractivity contribution is 0.100. The molecule has 0 unspecified atom stereocenters. The van der Waals surface area contributed by atoms with Gasteiger partial charge in [0.15, 0.2) is 0 Å². The van der Waals surface area contributed by atoms with Gasteiger partial charge in [-0.05, 0) is 35.9 Å². The Balaban J connectivity index is 2.18. The number of rotatable bonds is 4. The number of amides is 1. The summed E-state index contributed by atoms with van der Waals surface area (Å²) in [7, 11) is 1.96. The maximum absolute atomic E-state index is 11.1. The van der Waals surface area contributed by atoms with Crippen LogP contribution >= 0.6 is 15.9 Å². The van der Waals surface area contributed by atoms with E-state index in [4.69, 9.17) is 11.5 Å². The van der Waals surface area contributed by atoms with Crippen LogP contribution in [-0.2, 0) is 6.54 Å². The van der Waals surface area contributed by atoms with Gasteiger partial charge in [-0.1, -0.05) is 28.1 Å². The molecule has 0 saturated heterocycles. The van der Waals surface area contributed by atoms with Crippen LogP contribution in [0.5, 0.6) is 0 Å². The molecule has 0 fully saturated rings. The molecule has 4 N–H and O–H groups in total. The molecule has 0 saturated carbocycles. The van der Waals surface area contributed by atoms with Crippen LogP contribution in [0.1, 0.15) is 15.9 Å². The van der Waals surface area contributed by atoms with Crippen LogP contribution in [-0.4, -0.2) is 13.0 Å². The number of nitrogens with two attached hydrogens (primary N) is 2. The zero-order valence-corrected chi connectivity index (χ0v) is 12.7. The van der Waals surface area contributed by atoms with Crippen molar-refractivity contribution in [2.24, 2.45) is 5.73 Å². The Kier molecular flexibility index (Phi) is 4.29. The Labute approximate surface area is 126 Å². The number of carbonyl (C=O) groups excluding carboxylic acids is 1. The van der Waals surface area contributed by atoms with Crippen LogP contribution in [0.4, 0.5) is 11.4 Å². The van der Waals surface area contributed by atoms with Gasteiger partial charge in [-0.3, -0.25) is 4.79 Å². The molecule has 2 aromatic carbocycles. The van der Waals surface area contributed by atoms with Gasteiger partial charge in [0.1, 0.15) is 0 Å². The van der Waals surface area contributed by atoms with Crippen molar-refractivity contribution in [3.63, 3.8) is 0 Å². The zero-order valence-electron chi connectivity index (χ0n) is 11.1. The molecule has 0 spiro atoms. The van der Waals surface area contributed by atoms with E-state index < -0.39 is 5.91 Å². The van der Waals surface area contributed by atoms with Crippen molar-refractivity contribution in [2.45, 2.75) is 6.54 Å². The SMILES string of the molecule is CN(Cc1ccc(Br)cc1)c1ccc(C(N)=O)cc1N. The number of primary amides is 1. The Morgan fingerprint density at radius 1 is 1.20 bits per heavy atom. The fourth-order valence-corrected chi connectivity index (χ4v) is 2.27. The van der Waals surface area contributed by atoms with E-state index in [1.54, 1.807) is 12.1 Å². The molecule has 20 heavy (non-hydrogen) atoms. The standard InChI is InChI=1S/C15H16BrN3O/c1-19(9-10-2-5-12(16)6-3-10)14-7-4-11(15(18)20)8-13(14)17/h2-8H,9,17H2,1H3,(H2,18,20). The first-order valence-electron chi connectivity index (χ1n) is 6.12. The fourth-order valence-electron chi connectivity index (χ4n) is 2.00. The lowest BCUT2D eigenvalue weighted by Crippen LogP contribution is -2.18. The van der Waals surface area contributed by atoms with Crippen molar-refractivity contribution in [3.8, 4) is 0 Å². The number of benzene rings is 2. The average molecular weight is 334 g/mol. The smallest absolute Gasteiger partial charge is 0.248 e. The van der Waals surface area contributed by atoms with Crippen LogP contribution in [0, 0.1) is 0 Å². The molecule has 2 aromatic rings. The second-order valence-electron chi connectivity index (χ2n) is 4.62. The third-order valence-electron chi connectivity index (χ3n) is 3.06. The molecule has 104 valence electrons. The Morgan fingerprint density at radius 3 is 2.40 bits per heavy atom. The summed E-state index contributed by atoms with van der Waals surface area (Å²) in [5, 5.41) is 0. The quantitative estimate of drug-likeness (QED) is 0.845. The van der Waals surface area contributed by atoms with Crippen LogP contribution < -0.4 is 16.4 Å². The molecule has 0 radical (unpaired) electrons. The minimum absolute atomic E-state index is 0.420. The van der Waals surface area contributed by atoms with E-state index in [1.165, 1.54) is 5.56 Å². The van der Waals surface area contributed by atoms with Crippen molar-refractivity contribution in [3.05, 3.63) is 58.1 Å². The minimum Gasteiger partial charge on any atom is -0.397 e. The van der Waals surface area contributed by atoms with E-state index in [2.05, 4.69) is 28.1 Å². The molecular weight excluding hydrogens is 318 g/mol. The second-order valence-corrected chi connectivity index (χ2v) is 5.54. The van der Waals surface area contributed by atoms with Crippen LogP contribution in [0.2, 0.25) is 0 Å². The van der Waals surface area contributed by atoms with E-state index in [9.17, 15) is 4.79 Å². The van der Waals surface area contributed by atoms with Gasteiger partial charge in [-0.15, -0.1) is 0 Å². The topological polar surface area (TPSA) is 72.3 Å². The van der Waals surface area contributed by atoms with Crippen molar-refractivity contribution in [1.29, 1.82) is 0 Å². The van der Waals surface area contributed by atoms with Gasteiger partial charge < -0.3 is 16.4 Å². The first-order valence-corrected chi connectivity index (χ1v) is 6.91. The van der Waals surface area contributed by atoms with Crippen molar-refractivity contribution < 1.29 is 4.79 Å². The lowest BCUT2D eigenvalue weighted by Gasteiger charge is -2.21. The Morgan fingerprint density at radius 2 is 1.85 bits per heavy atom. The predicted octanol–water partition coefficient (Wildman–Crippen LogP) is 2.77. The number of nitrogens with zero attached hydrogens (tertiary/aromatic N) is 1. The lowest BCUT2D eigenvalue weighted by atomic mass is 10.1. The first kappa shape index (κ1) is 14.4. The Bertz CT molecular complexity index is 626. The molecule has 0 atom stereocenters. The maximum atomic E-state index is 11.1. The number of nitrogen functional groups attached to an aromatic ring is 1. The number of hydrogen-bond donors (Lipinski definition) is 2. The predicted molar refractivity (Wildman–Crippen MR) is 85.6 cm³/mol. The van der Waals surface area contributed by atoms with Crippen molar-refractivity contribution in [1.82, 2.24) is 0 Å². The molecule has 0 aliphatic carbocycles. The number of carbonyl (C=O) groups is 1. The average Bonchev–Trinajstić information content (AvgIpc) is 2.41. The highest BCUT2D eigenvalue weighted by Gasteiger charge is 2.09. The number of anilines is 2. The van der Waals surface area contributed by atoms with Gasteiger partial charge in [0.05, 0.1) is 11.4 Å². The third kappa shape index (κ3) is 3.30. The highest BCUT2D eigenvalue weighted by Crippen LogP contribution is 2.25. The summed E-state index contributed by atoms with van der Waals surface area (Å²) in [5.41, 5.74) is 14.2. The Hall–Kier alpha value is -2.01. The molecular formula is C15H16BrN3O. The van der Waals surface area contributed by atoms with E-state index in [1.807, 2.05) is 30.1 Å². The van der Waals surface area contributed by atoms with Crippen LogP contribution in [0.15, 0.2) is 46.9 Å². The van der Waals surface area contributed by atoms with E-state index in [0.29, 0.717) is 11.3 Å². The normalized spacial score (nSPS) is 10.3. The van der Waals surface area contributed by atoms with Gasteiger partial charge in [0.25, 0.3) is 0 Å². The summed E-state index contributed by atoms with van der Waals surface area (Å²) in [4.78, 5) is 13.1. The van der Waals surface area contributed by atoms with Gasteiger partial charge in [0, 0.05) is 23.6 Å².